The van der Waals surface area contributed by atoms with E-state index in [4.69, 9.17) is 11.6 Å². The number of nitrogens with zero attached hydrogens (tertiary/aromatic N) is 4. The number of anilines is 1. The molecule has 146 valence electrons. The maximum Gasteiger partial charge on any atom is 0.214 e. The number of nitrogens with one attached hydrogen (secondary N) is 1. The molecule has 3 heterocycles. The minimum absolute atomic E-state index is 0.0273. The zero-order valence-corrected chi connectivity index (χ0v) is 17.2. The van der Waals surface area contributed by atoms with E-state index in [9.17, 15) is 8.42 Å². The van der Waals surface area contributed by atoms with Crippen molar-refractivity contribution in [2.75, 3.05) is 18.9 Å². The van der Waals surface area contributed by atoms with E-state index in [1.165, 1.54) is 18.3 Å². The molecular weight excluding hydrogens is 398 g/mol. The maximum absolute atomic E-state index is 13.5. The van der Waals surface area contributed by atoms with Crippen LogP contribution in [0.5, 0.6) is 0 Å². The molecule has 0 radical (unpaired) electrons. The summed E-state index contributed by atoms with van der Waals surface area (Å²) in [4.78, 5) is 6.96. The average molecular weight is 418 g/mol. The number of benzene rings is 1. The molecule has 9 heteroatoms. The van der Waals surface area contributed by atoms with Gasteiger partial charge in [0, 0.05) is 35.8 Å². The summed E-state index contributed by atoms with van der Waals surface area (Å²) < 4.78 is 28.6. The van der Waals surface area contributed by atoms with Crippen molar-refractivity contribution in [3.63, 3.8) is 0 Å². The minimum Gasteiger partial charge on any atom is -0.345 e. The van der Waals surface area contributed by atoms with Gasteiger partial charge in [-0.25, -0.2) is 17.9 Å². The zero-order valence-electron chi connectivity index (χ0n) is 15.6. The Balaban J connectivity index is 2.04. The molecule has 0 saturated carbocycles. The molecule has 1 N–H and O–H groups in total. The first-order valence-electron chi connectivity index (χ1n) is 8.80. The summed E-state index contributed by atoms with van der Waals surface area (Å²) in [6, 6.07) is 6.19. The molecule has 1 aromatic carbocycles. The highest BCUT2D eigenvalue weighted by atomic mass is 35.5. The van der Waals surface area contributed by atoms with Crippen molar-refractivity contribution in [1.29, 1.82) is 0 Å². The Bertz CT molecular complexity index is 1200. The second-order valence-electron chi connectivity index (χ2n) is 6.83. The molecule has 1 aliphatic rings. The Labute approximate surface area is 168 Å². The van der Waals surface area contributed by atoms with Crippen molar-refractivity contribution in [3.05, 3.63) is 59.0 Å². The number of fused-ring (bicyclic) bond motifs is 3. The van der Waals surface area contributed by atoms with Crippen LogP contribution in [-0.4, -0.2) is 41.5 Å². The van der Waals surface area contributed by atoms with Crippen molar-refractivity contribution < 1.29 is 8.42 Å². The van der Waals surface area contributed by atoms with Crippen LogP contribution in [0.15, 0.2) is 46.8 Å². The molecule has 4 rings (SSSR count). The fourth-order valence-electron chi connectivity index (χ4n) is 3.54. The third kappa shape index (κ3) is 2.97. The number of hydrogen-bond donors (Lipinski definition) is 1. The van der Waals surface area contributed by atoms with Crippen LogP contribution in [-0.2, 0) is 22.8 Å². The summed E-state index contributed by atoms with van der Waals surface area (Å²) in [7, 11) is -1.85. The smallest absolute Gasteiger partial charge is 0.214 e. The normalized spacial score (nSPS) is 14.8. The molecule has 28 heavy (non-hydrogen) atoms. The van der Waals surface area contributed by atoms with Crippen molar-refractivity contribution in [1.82, 2.24) is 19.5 Å². The van der Waals surface area contributed by atoms with Crippen molar-refractivity contribution in [3.8, 4) is 0 Å². The Hall–Kier alpha value is -2.42. The van der Waals surface area contributed by atoms with Crippen LogP contribution in [0.2, 0.25) is 5.02 Å². The molecule has 0 unspecified atom stereocenters. The van der Waals surface area contributed by atoms with Gasteiger partial charge in [-0.05, 0) is 38.4 Å². The number of hydrogen-bond acceptors (Lipinski definition) is 6. The molecule has 7 nitrogen and oxygen atoms in total. The van der Waals surface area contributed by atoms with Gasteiger partial charge in [0.2, 0.25) is 9.84 Å². The lowest BCUT2D eigenvalue weighted by atomic mass is 10.0. The number of rotatable bonds is 4. The summed E-state index contributed by atoms with van der Waals surface area (Å²) in [5.41, 5.74) is 3.19. The van der Waals surface area contributed by atoms with Crippen LogP contribution in [0, 0.1) is 6.92 Å². The molecule has 0 fully saturated rings. The summed E-state index contributed by atoms with van der Waals surface area (Å²) in [6.07, 6.45) is 2.17. The van der Waals surface area contributed by atoms with E-state index in [1.807, 2.05) is 6.92 Å². The number of sulfone groups is 1. The van der Waals surface area contributed by atoms with E-state index >= 15 is 0 Å². The summed E-state index contributed by atoms with van der Waals surface area (Å²) in [5, 5.41) is 7.75. The minimum atomic E-state index is -3.90. The van der Waals surface area contributed by atoms with E-state index in [1.54, 1.807) is 16.6 Å². The van der Waals surface area contributed by atoms with Gasteiger partial charge in [-0.2, -0.15) is 0 Å². The number of likely N-dealkylation sites (N-methyl/N-ethyl adjacent to an activating group) is 1. The Morgan fingerprint density at radius 1 is 1.36 bits per heavy atom. The van der Waals surface area contributed by atoms with E-state index in [0.717, 1.165) is 36.5 Å². The lowest BCUT2D eigenvalue weighted by Gasteiger charge is -2.26. The zero-order chi connectivity index (χ0) is 20.1. The first-order valence-corrected chi connectivity index (χ1v) is 10.7. The lowest BCUT2D eigenvalue weighted by molar-refractivity contribution is 0.306. The number of aromatic nitrogens is 3. The van der Waals surface area contributed by atoms with Gasteiger partial charge in [-0.1, -0.05) is 24.2 Å². The molecule has 0 bridgehead atoms. The van der Waals surface area contributed by atoms with Gasteiger partial charge in [0.25, 0.3) is 0 Å². The average Bonchev–Trinajstić information content (AvgIpc) is 3.01. The predicted octanol–water partition coefficient (Wildman–Crippen LogP) is 3.07. The second-order valence-corrected chi connectivity index (χ2v) is 9.16. The van der Waals surface area contributed by atoms with Crippen LogP contribution >= 0.6 is 11.6 Å². The molecule has 0 spiro atoms. The van der Waals surface area contributed by atoms with Crippen LogP contribution in [0.25, 0.3) is 5.65 Å². The number of halogens is 1. The quantitative estimate of drug-likeness (QED) is 0.702. The SMILES string of the molecule is C=CNc1nn2c3c(c(C)nc2c1S(=O)(=O)c1cccc(Cl)c1)CN(C)CC3. The predicted molar refractivity (Wildman–Crippen MR) is 108 cm³/mol. The van der Waals surface area contributed by atoms with E-state index in [-0.39, 0.29) is 15.6 Å². The Morgan fingerprint density at radius 3 is 2.86 bits per heavy atom. The fourth-order valence-corrected chi connectivity index (χ4v) is 5.30. The first-order chi connectivity index (χ1) is 13.3. The van der Waals surface area contributed by atoms with E-state index < -0.39 is 9.84 Å². The Morgan fingerprint density at radius 2 is 2.14 bits per heavy atom. The molecule has 2 aromatic heterocycles. The van der Waals surface area contributed by atoms with Crippen LogP contribution in [0.1, 0.15) is 17.0 Å². The number of aryl methyl sites for hydroxylation is 1. The summed E-state index contributed by atoms with van der Waals surface area (Å²) >= 11 is 6.03. The highest BCUT2D eigenvalue weighted by Gasteiger charge is 2.31. The van der Waals surface area contributed by atoms with Crippen LogP contribution < -0.4 is 5.32 Å². The van der Waals surface area contributed by atoms with Crippen molar-refractivity contribution in [2.45, 2.75) is 29.7 Å². The van der Waals surface area contributed by atoms with Crippen LogP contribution in [0.3, 0.4) is 0 Å². The van der Waals surface area contributed by atoms with Crippen molar-refractivity contribution in [2.24, 2.45) is 0 Å². The lowest BCUT2D eigenvalue weighted by Crippen LogP contribution is -2.29. The molecule has 3 aromatic rings. The molecule has 0 aliphatic carbocycles. The van der Waals surface area contributed by atoms with Gasteiger partial charge in [0.15, 0.2) is 16.4 Å². The van der Waals surface area contributed by atoms with Gasteiger partial charge >= 0.3 is 0 Å². The first kappa shape index (κ1) is 18.9. The van der Waals surface area contributed by atoms with Gasteiger partial charge in [0.1, 0.15) is 0 Å². The van der Waals surface area contributed by atoms with Crippen LogP contribution in [0.4, 0.5) is 5.82 Å². The van der Waals surface area contributed by atoms with Gasteiger partial charge in [-0.3, -0.25) is 0 Å². The van der Waals surface area contributed by atoms with Crippen molar-refractivity contribution >= 4 is 32.9 Å². The largest absolute Gasteiger partial charge is 0.345 e. The Kier molecular flexibility index (Phi) is 4.65. The van der Waals surface area contributed by atoms with Gasteiger partial charge in [0.05, 0.1) is 10.6 Å². The highest BCUT2D eigenvalue weighted by molar-refractivity contribution is 7.91. The third-order valence-corrected chi connectivity index (χ3v) is 6.93. The second kappa shape index (κ2) is 6.88. The molecule has 0 atom stereocenters. The van der Waals surface area contributed by atoms with Gasteiger partial charge in [-0.15, -0.1) is 5.10 Å². The summed E-state index contributed by atoms with van der Waals surface area (Å²) in [5.74, 6) is 0.203. The standard InChI is InChI=1S/C19H20ClN5O2S/c1-4-21-18-17(28(26,27)14-7-5-6-13(20)10-14)19-22-12(2)15-11-24(3)9-8-16(15)25(19)23-18/h4-7,10H,1,8-9,11H2,2-3H3,(H,21,23). The van der Waals surface area contributed by atoms with E-state index in [2.05, 4.69) is 33.9 Å². The fraction of sp³-hybridized carbons (Fsp3) is 0.263. The molecular formula is C19H20ClN5O2S. The molecule has 0 amide bonds. The van der Waals surface area contributed by atoms with Gasteiger partial charge < -0.3 is 10.2 Å². The maximum atomic E-state index is 13.5. The summed E-state index contributed by atoms with van der Waals surface area (Å²) in [6.45, 7) is 7.17. The molecule has 0 saturated heterocycles. The highest BCUT2D eigenvalue weighted by Crippen LogP contribution is 2.34. The molecule has 1 aliphatic heterocycles. The topological polar surface area (TPSA) is 79.6 Å². The van der Waals surface area contributed by atoms with E-state index in [0.29, 0.717) is 10.7 Å². The third-order valence-electron chi connectivity index (χ3n) is 4.91. The monoisotopic (exact) mass is 417 g/mol.